The lowest BCUT2D eigenvalue weighted by Crippen LogP contribution is -2.29. The molecule has 7 aromatic carbocycles. The summed E-state index contributed by atoms with van der Waals surface area (Å²) in [5.41, 5.74) is 12.0. The van der Waals surface area contributed by atoms with Crippen LogP contribution in [0, 0.1) is 0 Å². The average Bonchev–Trinajstić information content (AvgIpc) is 3.46. The fourth-order valence-corrected chi connectivity index (χ4v) is 8.43. The summed E-state index contributed by atoms with van der Waals surface area (Å²) in [4.78, 5) is 1.21. The third-order valence-corrected chi connectivity index (χ3v) is 10.8. The van der Waals surface area contributed by atoms with Crippen molar-refractivity contribution < 1.29 is 4.42 Å². The van der Waals surface area contributed by atoms with Crippen molar-refractivity contribution >= 4 is 61.7 Å². The summed E-state index contributed by atoms with van der Waals surface area (Å²) in [6, 6.07) is 54.9. The Bertz CT molecular complexity index is 2670. The van der Waals surface area contributed by atoms with Crippen LogP contribution in [0.15, 0.2) is 168 Å². The zero-order chi connectivity index (χ0) is 32.0. The van der Waals surface area contributed by atoms with Crippen LogP contribution in [0.4, 0.5) is 0 Å². The maximum atomic E-state index is 6.33. The normalized spacial score (nSPS) is 12.7. The first kappa shape index (κ1) is 28.6. The Morgan fingerprint density at radius 2 is 1.33 bits per heavy atom. The average molecular weight is 633 g/mol. The summed E-state index contributed by atoms with van der Waals surface area (Å²) in [5.74, 6) is 0.808. The molecule has 2 heteroatoms. The molecule has 8 aromatic rings. The summed E-state index contributed by atoms with van der Waals surface area (Å²) in [7, 11) is 0. The Morgan fingerprint density at radius 3 is 2.25 bits per heavy atom. The third-order valence-electron chi connectivity index (χ3n) is 9.68. The number of fused-ring (bicyclic) bond motifs is 6. The molecule has 9 rings (SSSR count). The Kier molecular flexibility index (Phi) is 7.10. The lowest BCUT2D eigenvalue weighted by molar-refractivity contribution is 0.665. The van der Waals surface area contributed by atoms with Gasteiger partial charge in [-0.2, -0.15) is 0 Å². The monoisotopic (exact) mass is 632 g/mol. The molecule has 0 atom stereocenters. The topological polar surface area (TPSA) is 13.1 Å². The second-order valence-corrected chi connectivity index (χ2v) is 13.4. The van der Waals surface area contributed by atoms with E-state index in [2.05, 4.69) is 146 Å². The first-order valence-corrected chi connectivity index (χ1v) is 17.4. The Labute approximate surface area is 284 Å². The standard InChI is InChI=1S/C46H32OS/c1-2-30-27-33(25-26-44(30)48-29-34-16-12-23-41-39-20-9-10-24-43(39)47-46(34)41)45-36-18-6-4-14-32(36)28-42(38-19-7-8-21-40(38)45)37-22-11-15-31-13-3-5-17-35(31)37/h2-27H,1,28-29H2. The van der Waals surface area contributed by atoms with Gasteiger partial charge >= 0.3 is 0 Å². The molecule has 0 amide bonds. The molecule has 0 N–H and O–H groups in total. The highest BCUT2D eigenvalue weighted by molar-refractivity contribution is 7.98. The van der Waals surface area contributed by atoms with Crippen LogP contribution < -0.4 is 10.4 Å². The molecular weight excluding hydrogens is 601 g/mol. The predicted molar refractivity (Wildman–Crippen MR) is 204 cm³/mol. The maximum Gasteiger partial charge on any atom is 0.139 e. The van der Waals surface area contributed by atoms with E-state index in [1.807, 2.05) is 30.0 Å². The van der Waals surface area contributed by atoms with Gasteiger partial charge in [-0.15, -0.1) is 11.8 Å². The molecule has 1 heterocycles. The van der Waals surface area contributed by atoms with Crippen molar-refractivity contribution in [2.45, 2.75) is 17.1 Å². The molecular formula is C46H32OS. The fraction of sp³-hybridized carbons (Fsp3) is 0.0435. The first-order chi connectivity index (χ1) is 23.8. The highest BCUT2D eigenvalue weighted by atomic mass is 32.2. The van der Waals surface area contributed by atoms with Crippen LogP contribution in [0.5, 0.6) is 0 Å². The minimum atomic E-state index is 0.808. The van der Waals surface area contributed by atoms with Crippen molar-refractivity contribution in [1.29, 1.82) is 0 Å². The molecule has 0 saturated heterocycles. The van der Waals surface area contributed by atoms with Gasteiger partial charge in [-0.1, -0.05) is 146 Å². The van der Waals surface area contributed by atoms with Gasteiger partial charge in [0.25, 0.3) is 0 Å². The molecule has 1 nitrogen and oxygen atoms in total. The van der Waals surface area contributed by atoms with Gasteiger partial charge in [-0.25, -0.2) is 0 Å². The molecule has 228 valence electrons. The summed E-state index contributed by atoms with van der Waals surface area (Å²) in [5, 5.41) is 7.44. The van der Waals surface area contributed by atoms with E-state index in [4.69, 9.17) is 4.42 Å². The molecule has 1 aromatic heterocycles. The van der Waals surface area contributed by atoms with Crippen molar-refractivity contribution in [3.63, 3.8) is 0 Å². The number of furan rings is 1. The van der Waals surface area contributed by atoms with Gasteiger partial charge in [0.15, 0.2) is 0 Å². The third kappa shape index (κ3) is 4.80. The Morgan fingerprint density at radius 1 is 0.625 bits per heavy atom. The van der Waals surface area contributed by atoms with Gasteiger partial charge in [-0.05, 0) is 84.8 Å². The number of benzene rings is 7. The first-order valence-electron chi connectivity index (χ1n) is 16.4. The fourth-order valence-electron chi connectivity index (χ4n) is 7.42. The SMILES string of the molecule is C=Cc1cc(C2=c3ccccc3=C(c3cccc4ccccc34)Cc3ccccc32)ccc1SCc1cccc2c1oc1ccccc12. The van der Waals surface area contributed by atoms with E-state index >= 15 is 0 Å². The second-order valence-electron chi connectivity index (χ2n) is 12.4. The maximum absolute atomic E-state index is 6.33. The van der Waals surface area contributed by atoms with Crippen molar-refractivity contribution in [3.8, 4) is 0 Å². The highest BCUT2D eigenvalue weighted by Crippen LogP contribution is 2.37. The van der Waals surface area contributed by atoms with E-state index in [0.717, 1.165) is 34.3 Å². The molecule has 0 radical (unpaired) electrons. The largest absolute Gasteiger partial charge is 0.456 e. The summed E-state index contributed by atoms with van der Waals surface area (Å²) >= 11 is 1.83. The zero-order valence-corrected chi connectivity index (χ0v) is 27.3. The number of thioether (sulfide) groups is 1. The van der Waals surface area contributed by atoms with Crippen molar-refractivity contribution in [2.24, 2.45) is 0 Å². The molecule has 0 fully saturated rings. The molecule has 0 saturated carbocycles. The molecule has 1 aliphatic carbocycles. The van der Waals surface area contributed by atoms with E-state index in [-0.39, 0.29) is 0 Å². The van der Waals surface area contributed by atoms with Gasteiger partial charge in [0, 0.05) is 27.0 Å². The van der Waals surface area contributed by atoms with Gasteiger partial charge in [0.05, 0.1) is 0 Å². The van der Waals surface area contributed by atoms with Gasteiger partial charge < -0.3 is 4.42 Å². The van der Waals surface area contributed by atoms with Crippen LogP contribution >= 0.6 is 11.8 Å². The molecule has 48 heavy (non-hydrogen) atoms. The number of hydrogen-bond acceptors (Lipinski definition) is 2. The van der Waals surface area contributed by atoms with Crippen LogP contribution in [-0.4, -0.2) is 0 Å². The zero-order valence-electron chi connectivity index (χ0n) is 26.4. The van der Waals surface area contributed by atoms with Crippen LogP contribution in [0.2, 0.25) is 0 Å². The van der Waals surface area contributed by atoms with E-state index in [1.54, 1.807) is 0 Å². The lowest BCUT2D eigenvalue weighted by Gasteiger charge is -2.15. The van der Waals surface area contributed by atoms with E-state index in [0.29, 0.717) is 0 Å². The van der Waals surface area contributed by atoms with Crippen molar-refractivity contribution in [3.05, 3.63) is 202 Å². The number of rotatable bonds is 6. The predicted octanol–water partition coefficient (Wildman–Crippen LogP) is 10.7. The Balaban J connectivity index is 1.19. The smallest absolute Gasteiger partial charge is 0.139 e. The van der Waals surface area contributed by atoms with Crippen molar-refractivity contribution in [2.75, 3.05) is 0 Å². The van der Waals surface area contributed by atoms with Crippen LogP contribution in [0.3, 0.4) is 0 Å². The number of para-hydroxylation sites is 2. The van der Waals surface area contributed by atoms with Crippen LogP contribution in [0.1, 0.15) is 33.4 Å². The Hall–Kier alpha value is -5.57. The summed E-state index contributed by atoms with van der Waals surface area (Å²) in [6.45, 7) is 4.25. The van der Waals surface area contributed by atoms with Crippen LogP contribution in [-0.2, 0) is 12.2 Å². The van der Waals surface area contributed by atoms with Gasteiger partial charge in [0.2, 0.25) is 0 Å². The lowest BCUT2D eigenvalue weighted by atomic mass is 9.90. The number of hydrogen-bond donors (Lipinski definition) is 0. The highest BCUT2D eigenvalue weighted by Gasteiger charge is 2.20. The molecule has 0 bridgehead atoms. The summed E-state index contributed by atoms with van der Waals surface area (Å²) in [6.07, 6.45) is 2.86. The quantitative estimate of drug-likeness (QED) is 0.169. The minimum absolute atomic E-state index is 0.808. The van der Waals surface area contributed by atoms with E-state index in [1.165, 1.54) is 70.5 Å². The van der Waals surface area contributed by atoms with Gasteiger partial charge in [0.1, 0.15) is 11.2 Å². The molecule has 0 unspecified atom stereocenters. The summed E-state index contributed by atoms with van der Waals surface area (Å²) < 4.78 is 6.33. The van der Waals surface area contributed by atoms with E-state index < -0.39 is 0 Å². The molecule has 0 spiro atoms. The second kappa shape index (κ2) is 11.9. The van der Waals surface area contributed by atoms with Crippen molar-refractivity contribution in [1.82, 2.24) is 0 Å². The molecule has 0 aliphatic heterocycles. The van der Waals surface area contributed by atoms with E-state index in [9.17, 15) is 0 Å². The minimum Gasteiger partial charge on any atom is -0.456 e. The van der Waals surface area contributed by atoms with Gasteiger partial charge in [-0.3, -0.25) is 0 Å². The van der Waals surface area contributed by atoms with Crippen LogP contribution in [0.25, 0.3) is 49.9 Å². The molecule has 1 aliphatic rings.